The Bertz CT molecular complexity index is 302. The van der Waals surface area contributed by atoms with Crippen LogP contribution in [-0.4, -0.2) is 36.6 Å². The lowest BCUT2D eigenvalue weighted by Crippen LogP contribution is -2.20. The van der Waals surface area contributed by atoms with Crippen LogP contribution in [0.5, 0.6) is 0 Å². The molecule has 0 amide bonds. The van der Waals surface area contributed by atoms with Crippen LogP contribution in [0.25, 0.3) is 0 Å². The molecular weight excluding hydrogens is 202 g/mol. The van der Waals surface area contributed by atoms with Gasteiger partial charge in [-0.2, -0.15) is 0 Å². The molecule has 90 valence electrons. The smallest absolute Gasteiger partial charge is 0.133 e. The minimum atomic E-state index is 0.602. The molecule has 1 heterocycles. The van der Waals surface area contributed by atoms with E-state index in [0.29, 0.717) is 6.54 Å². The van der Waals surface area contributed by atoms with Crippen molar-refractivity contribution in [1.82, 2.24) is 9.97 Å². The van der Waals surface area contributed by atoms with Crippen LogP contribution in [0, 0.1) is 0 Å². The zero-order chi connectivity index (χ0) is 11.8. The van der Waals surface area contributed by atoms with Crippen molar-refractivity contribution in [3.8, 4) is 0 Å². The highest BCUT2D eigenvalue weighted by molar-refractivity contribution is 5.47. The van der Waals surface area contributed by atoms with E-state index in [9.17, 15) is 0 Å². The van der Waals surface area contributed by atoms with Crippen LogP contribution in [0.15, 0.2) is 12.4 Å². The molecule has 16 heavy (non-hydrogen) atoms. The van der Waals surface area contributed by atoms with Gasteiger partial charge in [0.1, 0.15) is 18.0 Å². The number of nitrogens with two attached hydrogens (primary N) is 1. The van der Waals surface area contributed by atoms with Gasteiger partial charge in [-0.3, -0.25) is 0 Å². The highest BCUT2D eigenvalue weighted by atomic mass is 15.2. The number of nitrogens with zero attached hydrogens (tertiary/aromatic N) is 3. The van der Waals surface area contributed by atoms with Crippen LogP contribution >= 0.6 is 0 Å². The standard InChI is InChI=1S/C11H21N5/c1-3-4-7-16(2)11-8-10(13-6-5-12)14-9-15-11/h8-9H,3-7,12H2,1-2H3,(H,13,14,15). The van der Waals surface area contributed by atoms with Crippen LogP contribution in [0.2, 0.25) is 0 Å². The lowest BCUT2D eigenvalue weighted by molar-refractivity contribution is 0.758. The molecule has 1 aromatic heterocycles. The van der Waals surface area contributed by atoms with Gasteiger partial charge in [0.25, 0.3) is 0 Å². The van der Waals surface area contributed by atoms with Crippen molar-refractivity contribution >= 4 is 11.6 Å². The van der Waals surface area contributed by atoms with Gasteiger partial charge in [-0.25, -0.2) is 9.97 Å². The second-order valence-corrected chi connectivity index (χ2v) is 3.75. The van der Waals surface area contributed by atoms with Gasteiger partial charge < -0.3 is 16.0 Å². The number of rotatable bonds is 7. The van der Waals surface area contributed by atoms with Crippen LogP contribution in [0.4, 0.5) is 11.6 Å². The first kappa shape index (κ1) is 12.7. The number of unbranched alkanes of at least 4 members (excludes halogenated alkanes) is 1. The van der Waals surface area contributed by atoms with E-state index >= 15 is 0 Å². The predicted molar refractivity (Wildman–Crippen MR) is 67.8 cm³/mol. The number of anilines is 2. The van der Waals surface area contributed by atoms with Crippen molar-refractivity contribution in [3.05, 3.63) is 12.4 Å². The minimum absolute atomic E-state index is 0.602. The summed E-state index contributed by atoms with van der Waals surface area (Å²) in [5.74, 6) is 1.78. The SMILES string of the molecule is CCCCN(C)c1cc(NCCN)ncn1. The largest absolute Gasteiger partial charge is 0.369 e. The maximum Gasteiger partial charge on any atom is 0.133 e. The van der Waals surface area contributed by atoms with Crippen molar-refractivity contribution in [2.75, 3.05) is 36.9 Å². The van der Waals surface area contributed by atoms with Crippen molar-refractivity contribution < 1.29 is 0 Å². The summed E-state index contributed by atoms with van der Waals surface area (Å²) in [6.07, 6.45) is 3.94. The zero-order valence-corrected chi connectivity index (χ0v) is 10.1. The molecule has 0 aliphatic rings. The Morgan fingerprint density at radius 1 is 1.44 bits per heavy atom. The summed E-state index contributed by atoms with van der Waals surface area (Å²) in [6, 6.07) is 1.95. The lowest BCUT2D eigenvalue weighted by atomic mass is 10.3. The fourth-order valence-corrected chi connectivity index (χ4v) is 1.36. The molecule has 0 spiro atoms. The molecule has 1 rings (SSSR count). The average Bonchev–Trinajstić information content (AvgIpc) is 2.33. The second-order valence-electron chi connectivity index (χ2n) is 3.75. The monoisotopic (exact) mass is 223 g/mol. The van der Waals surface area contributed by atoms with Crippen molar-refractivity contribution in [1.29, 1.82) is 0 Å². The molecule has 3 N–H and O–H groups in total. The first-order valence-corrected chi connectivity index (χ1v) is 5.75. The molecule has 0 aliphatic heterocycles. The quantitative estimate of drug-likeness (QED) is 0.724. The maximum atomic E-state index is 5.42. The van der Waals surface area contributed by atoms with Crippen LogP contribution in [0.1, 0.15) is 19.8 Å². The fourth-order valence-electron chi connectivity index (χ4n) is 1.36. The van der Waals surface area contributed by atoms with E-state index in [1.807, 2.05) is 13.1 Å². The summed E-state index contributed by atoms with van der Waals surface area (Å²) >= 11 is 0. The molecule has 0 radical (unpaired) electrons. The van der Waals surface area contributed by atoms with Crippen LogP contribution in [0.3, 0.4) is 0 Å². The van der Waals surface area contributed by atoms with Gasteiger partial charge in [0.2, 0.25) is 0 Å². The second kappa shape index (κ2) is 7.00. The van der Waals surface area contributed by atoms with E-state index in [1.165, 1.54) is 12.8 Å². The molecule has 5 heteroatoms. The molecular formula is C11H21N5. The molecule has 0 atom stereocenters. The van der Waals surface area contributed by atoms with Crippen molar-refractivity contribution in [2.45, 2.75) is 19.8 Å². The Morgan fingerprint density at radius 3 is 2.94 bits per heavy atom. The summed E-state index contributed by atoms with van der Waals surface area (Å²) in [5, 5.41) is 3.14. The summed E-state index contributed by atoms with van der Waals surface area (Å²) in [5.41, 5.74) is 5.42. The minimum Gasteiger partial charge on any atom is -0.369 e. The predicted octanol–water partition coefficient (Wildman–Crippen LogP) is 1.08. The summed E-state index contributed by atoms with van der Waals surface area (Å²) in [4.78, 5) is 10.5. The van der Waals surface area contributed by atoms with E-state index in [4.69, 9.17) is 5.73 Å². The fraction of sp³-hybridized carbons (Fsp3) is 0.636. The van der Waals surface area contributed by atoms with Crippen molar-refractivity contribution in [2.24, 2.45) is 5.73 Å². The van der Waals surface area contributed by atoms with E-state index < -0.39 is 0 Å². The molecule has 5 nitrogen and oxygen atoms in total. The Balaban J connectivity index is 2.58. The first-order valence-electron chi connectivity index (χ1n) is 5.75. The van der Waals surface area contributed by atoms with Gasteiger partial charge in [-0.1, -0.05) is 13.3 Å². The van der Waals surface area contributed by atoms with E-state index in [1.54, 1.807) is 6.33 Å². The van der Waals surface area contributed by atoms with Gasteiger partial charge >= 0.3 is 0 Å². The topological polar surface area (TPSA) is 67.1 Å². The summed E-state index contributed by atoms with van der Waals surface area (Å²) in [7, 11) is 2.05. The molecule has 0 saturated heterocycles. The Morgan fingerprint density at radius 2 is 2.25 bits per heavy atom. The molecule has 0 bridgehead atoms. The maximum absolute atomic E-state index is 5.42. The summed E-state index contributed by atoms with van der Waals surface area (Å²) in [6.45, 7) is 4.53. The third kappa shape index (κ3) is 4.02. The Kier molecular flexibility index (Phi) is 5.56. The zero-order valence-electron chi connectivity index (χ0n) is 10.1. The van der Waals surface area contributed by atoms with Crippen LogP contribution < -0.4 is 16.0 Å². The molecule has 0 aromatic carbocycles. The lowest BCUT2D eigenvalue weighted by Gasteiger charge is -2.18. The van der Waals surface area contributed by atoms with Gasteiger partial charge in [0.05, 0.1) is 0 Å². The number of hydrogen-bond acceptors (Lipinski definition) is 5. The third-order valence-corrected chi connectivity index (χ3v) is 2.34. The molecule has 0 saturated carbocycles. The average molecular weight is 223 g/mol. The molecule has 0 unspecified atom stereocenters. The highest BCUT2D eigenvalue weighted by Gasteiger charge is 2.03. The molecule has 0 fully saturated rings. The molecule has 1 aromatic rings. The summed E-state index contributed by atoms with van der Waals surface area (Å²) < 4.78 is 0. The van der Waals surface area contributed by atoms with Gasteiger partial charge in [0, 0.05) is 32.7 Å². The van der Waals surface area contributed by atoms with Crippen molar-refractivity contribution in [3.63, 3.8) is 0 Å². The normalized spacial score (nSPS) is 10.2. The first-order chi connectivity index (χ1) is 7.77. The van der Waals surface area contributed by atoms with Gasteiger partial charge in [-0.15, -0.1) is 0 Å². The van der Waals surface area contributed by atoms with E-state index in [2.05, 4.69) is 27.1 Å². The number of nitrogens with one attached hydrogen (secondary N) is 1. The Hall–Kier alpha value is -1.36. The van der Waals surface area contributed by atoms with Gasteiger partial charge in [0.15, 0.2) is 0 Å². The van der Waals surface area contributed by atoms with Crippen LogP contribution in [-0.2, 0) is 0 Å². The highest BCUT2D eigenvalue weighted by Crippen LogP contribution is 2.12. The Labute approximate surface area is 97.1 Å². The third-order valence-electron chi connectivity index (χ3n) is 2.34. The molecule has 0 aliphatic carbocycles. The number of aromatic nitrogens is 2. The number of hydrogen-bond donors (Lipinski definition) is 2. The van der Waals surface area contributed by atoms with E-state index in [0.717, 1.165) is 24.7 Å². The van der Waals surface area contributed by atoms with Gasteiger partial charge in [-0.05, 0) is 6.42 Å². The van der Waals surface area contributed by atoms with E-state index in [-0.39, 0.29) is 0 Å².